The summed E-state index contributed by atoms with van der Waals surface area (Å²) in [6.07, 6.45) is 18.4. The molecule has 2 aromatic rings. The third-order valence-electron chi connectivity index (χ3n) is 7.20. The number of pyridine rings is 1. The lowest BCUT2D eigenvalue weighted by Gasteiger charge is -2.35. The van der Waals surface area contributed by atoms with Gasteiger partial charge in [-0.25, -0.2) is 4.98 Å². The van der Waals surface area contributed by atoms with Gasteiger partial charge in [0.25, 0.3) is 5.56 Å². The fourth-order valence-electron chi connectivity index (χ4n) is 5.03. The van der Waals surface area contributed by atoms with E-state index in [2.05, 4.69) is 72.8 Å². The van der Waals surface area contributed by atoms with Crippen molar-refractivity contribution in [2.75, 3.05) is 0 Å². The summed E-state index contributed by atoms with van der Waals surface area (Å²) < 4.78 is 2.20. The van der Waals surface area contributed by atoms with Gasteiger partial charge in [-0.15, -0.1) is 0 Å². The number of aryl methyl sites for hydroxylation is 1. The fraction of sp³-hybridized carbons (Fsp3) is 0.500. The van der Waals surface area contributed by atoms with E-state index in [1.165, 1.54) is 47.9 Å². The minimum Gasteiger partial charge on any atom is -0.267 e. The Balaban J connectivity index is 1.44. The van der Waals surface area contributed by atoms with Crippen LogP contribution in [0.25, 0.3) is 5.82 Å². The van der Waals surface area contributed by atoms with Crippen molar-refractivity contribution in [1.82, 2.24) is 14.8 Å². The number of hydrogen-bond acceptors (Lipinski definition) is 3. The van der Waals surface area contributed by atoms with Gasteiger partial charge in [0.15, 0.2) is 5.82 Å². The van der Waals surface area contributed by atoms with Crippen molar-refractivity contribution in [2.45, 2.75) is 92.4 Å². The molecule has 0 saturated heterocycles. The first-order chi connectivity index (χ1) is 16.7. The highest BCUT2D eigenvalue weighted by Crippen LogP contribution is 2.42. The molecule has 0 radical (unpaired) electrons. The van der Waals surface area contributed by atoms with Crippen LogP contribution in [0.5, 0.6) is 0 Å². The highest BCUT2D eigenvalue weighted by Gasteiger charge is 2.27. The second-order valence-electron chi connectivity index (χ2n) is 10.6. The highest BCUT2D eigenvalue weighted by molar-refractivity contribution is 9.10. The van der Waals surface area contributed by atoms with Crippen LogP contribution >= 0.6 is 15.9 Å². The van der Waals surface area contributed by atoms with E-state index in [-0.39, 0.29) is 5.56 Å². The van der Waals surface area contributed by atoms with Crippen molar-refractivity contribution in [3.8, 4) is 5.82 Å². The lowest BCUT2D eigenvalue weighted by atomic mass is 9.71. The van der Waals surface area contributed by atoms with Gasteiger partial charge in [-0.3, -0.25) is 4.79 Å². The Morgan fingerprint density at radius 1 is 1.09 bits per heavy atom. The van der Waals surface area contributed by atoms with E-state index >= 15 is 0 Å². The van der Waals surface area contributed by atoms with Crippen LogP contribution in [-0.4, -0.2) is 14.8 Å². The van der Waals surface area contributed by atoms with Crippen LogP contribution < -0.4 is 5.56 Å². The van der Waals surface area contributed by atoms with Gasteiger partial charge < -0.3 is 0 Å². The average Bonchev–Trinajstić information content (AvgIpc) is 2.79. The van der Waals surface area contributed by atoms with E-state index in [4.69, 9.17) is 0 Å². The molecule has 0 aliphatic heterocycles. The third-order valence-corrected chi connectivity index (χ3v) is 7.67. The zero-order chi connectivity index (χ0) is 25.4. The van der Waals surface area contributed by atoms with Crippen LogP contribution in [0.2, 0.25) is 0 Å². The quantitative estimate of drug-likeness (QED) is 0.286. The van der Waals surface area contributed by atoms with Crippen LogP contribution in [0.3, 0.4) is 0 Å². The monoisotopic (exact) mass is 537 g/mol. The molecule has 0 bridgehead atoms. The Morgan fingerprint density at radius 2 is 1.83 bits per heavy atom. The summed E-state index contributed by atoms with van der Waals surface area (Å²) in [5.41, 5.74) is 7.42. The highest BCUT2D eigenvalue weighted by atomic mass is 79.9. The zero-order valence-electron chi connectivity index (χ0n) is 22.0. The normalized spacial score (nSPS) is 16.6. The first kappa shape index (κ1) is 27.3. The van der Waals surface area contributed by atoms with Crippen LogP contribution in [0.4, 0.5) is 0 Å². The molecule has 1 aliphatic rings. The molecular weight excluding hydrogens is 498 g/mol. The maximum atomic E-state index is 12.5. The number of allylic oxidation sites excluding steroid dienone is 6. The van der Waals surface area contributed by atoms with Crippen molar-refractivity contribution in [2.24, 2.45) is 5.41 Å². The zero-order valence-corrected chi connectivity index (χ0v) is 23.6. The van der Waals surface area contributed by atoms with E-state index in [1.807, 2.05) is 6.07 Å². The topological polar surface area (TPSA) is 47.8 Å². The predicted octanol–water partition coefficient (Wildman–Crippen LogP) is 8.30. The molecule has 0 unspecified atom stereocenters. The smallest absolute Gasteiger partial charge is 0.267 e. The molecule has 4 nitrogen and oxygen atoms in total. The summed E-state index contributed by atoms with van der Waals surface area (Å²) in [6, 6.07) is 5.29. The maximum absolute atomic E-state index is 12.5. The minimum absolute atomic E-state index is 0.152. The van der Waals surface area contributed by atoms with E-state index in [0.717, 1.165) is 35.7 Å². The van der Waals surface area contributed by atoms with Crippen molar-refractivity contribution in [1.29, 1.82) is 0 Å². The van der Waals surface area contributed by atoms with Crippen LogP contribution in [0.15, 0.2) is 74.3 Å². The Morgan fingerprint density at radius 3 is 2.51 bits per heavy atom. The Bertz CT molecular complexity index is 1150. The van der Waals surface area contributed by atoms with Gasteiger partial charge in [-0.2, -0.15) is 9.78 Å². The predicted molar refractivity (Wildman–Crippen MR) is 150 cm³/mol. The first-order valence-electron chi connectivity index (χ1n) is 12.9. The van der Waals surface area contributed by atoms with Gasteiger partial charge in [-0.1, -0.05) is 48.3 Å². The lowest BCUT2D eigenvalue weighted by molar-refractivity contribution is 0.354. The number of hydrogen-bond donors (Lipinski definition) is 0. The number of rotatable bonds is 10. The van der Waals surface area contributed by atoms with Crippen molar-refractivity contribution >= 4 is 15.9 Å². The fourth-order valence-corrected chi connectivity index (χ4v) is 5.27. The van der Waals surface area contributed by atoms with Gasteiger partial charge in [-0.05, 0) is 118 Å². The summed E-state index contributed by atoms with van der Waals surface area (Å²) in [5.74, 6) is 0.526. The van der Waals surface area contributed by atoms with Gasteiger partial charge in [0.05, 0.1) is 6.20 Å². The Labute approximate surface area is 219 Å². The lowest BCUT2D eigenvalue weighted by Crippen LogP contribution is -2.21. The van der Waals surface area contributed by atoms with E-state index in [0.29, 0.717) is 11.2 Å². The molecule has 2 aromatic heterocycles. The third kappa shape index (κ3) is 8.13. The van der Waals surface area contributed by atoms with Crippen molar-refractivity contribution in [3.63, 3.8) is 0 Å². The Kier molecular flexibility index (Phi) is 9.85. The van der Waals surface area contributed by atoms with Crippen molar-refractivity contribution < 1.29 is 0 Å². The van der Waals surface area contributed by atoms with E-state index in [9.17, 15) is 4.79 Å². The molecule has 2 heterocycles. The summed E-state index contributed by atoms with van der Waals surface area (Å²) in [4.78, 5) is 16.7. The average molecular weight is 539 g/mol. The standard InChI is InChI=1S/C30H40BrN3O/c1-22(9-6-10-23(2)14-16-27-24(3)12-8-18-30(27,4)5)11-7-13-25-19-29(35)34(33-20-25)28-17-15-26(31)21-32-28/h10-11,15,17,19-21H,6-9,12-14,16,18H2,1-5H3/b22-11+,23-10+. The van der Waals surface area contributed by atoms with Crippen LogP contribution in [0.1, 0.15) is 91.5 Å². The molecule has 0 spiro atoms. The van der Waals surface area contributed by atoms with Crippen molar-refractivity contribution in [3.05, 3.63) is 85.4 Å². The molecule has 0 aromatic carbocycles. The molecule has 3 rings (SSSR count). The first-order valence-corrected chi connectivity index (χ1v) is 13.7. The van der Waals surface area contributed by atoms with E-state index in [1.54, 1.807) is 35.7 Å². The van der Waals surface area contributed by atoms with Gasteiger partial charge >= 0.3 is 0 Å². The molecule has 1 aliphatic carbocycles. The molecule has 0 atom stereocenters. The summed E-state index contributed by atoms with van der Waals surface area (Å²) >= 11 is 3.36. The van der Waals surface area contributed by atoms with Gasteiger partial charge in [0, 0.05) is 16.7 Å². The summed E-state index contributed by atoms with van der Waals surface area (Å²) in [5, 5.41) is 4.30. The van der Waals surface area contributed by atoms with E-state index < -0.39 is 0 Å². The largest absolute Gasteiger partial charge is 0.273 e. The molecule has 35 heavy (non-hydrogen) atoms. The molecular formula is C30H40BrN3O. The molecule has 188 valence electrons. The number of aromatic nitrogens is 3. The molecule has 0 fully saturated rings. The molecule has 0 amide bonds. The van der Waals surface area contributed by atoms with Crippen LogP contribution in [-0.2, 0) is 6.42 Å². The summed E-state index contributed by atoms with van der Waals surface area (Å²) in [6.45, 7) is 11.7. The SMILES string of the molecule is CC1=C(CC/C(C)=C/CC/C(C)=C/CCc2cnn(-c3ccc(Br)cn3)c(=O)c2)C(C)(C)CCC1. The molecule has 0 N–H and O–H groups in total. The molecule has 5 heteroatoms. The minimum atomic E-state index is -0.152. The number of nitrogens with zero attached hydrogens (tertiary/aromatic N) is 3. The maximum Gasteiger partial charge on any atom is 0.273 e. The van der Waals surface area contributed by atoms with Gasteiger partial charge in [0.1, 0.15) is 0 Å². The second kappa shape index (κ2) is 12.6. The molecule has 0 saturated carbocycles. The second-order valence-corrected chi connectivity index (χ2v) is 11.5. The number of halogens is 1. The Hall–Kier alpha value is -2.27. The summed E-state index contributed by atoms with van der Waals surface area (Å²) in [7, 11) is 0. The van der Waals surface area contributed by atoms with Gasteiger partial charge in [0.2, 0.25) is 0 Å². The van der Waals surface area contributed by atoms with Crippen LogP contribution in [0, 0.1) is 5.41 Å².